The molecule has 106 valence electrons. The number of halogens is 2. The molecule has 1 aliphatic carbocycles. The summed E-state index contributed by atoms with van der Waals surface area (Å²) in [5.41, 5.74) is 0.594. The Balaban J connectivity index is 2.12. The highest BCUT2D eigenvalue weighted by molar-refractivity contribution is 7.89. The monoisotopic (exact) mass is 290 g/mol. The topological polar surface area (TPSA) is 58.2 Å². The number of hydrogen-bond acceptors (Lipinski definition) is 3. The summed E-state index contributed by atoms with van der Waals surface area (Å²) in [7, 11) is -3.88. The van der Waals surface area contributed by atoms with Crippen LogP contribution in [-0.4, -0.2) is 27.4 Å². The first-order chi connectivity index (χ1) is 8.99. The van der Waals surface area contributed by atoms with Gasteiger partial charge < -0.3 is 5.32 Å². The number of sulfonamides is 1. The number of rotatable bonds is 7. The quantitative estimate of drug-likeness (QED) is 0.800. The Morgan fingerprint density at radius 3 is 2.58 bits per heavy atom. The van der Waals surface area contributed by atoms with Gasteiger partial charge in [0.1, 0.15) is 0 Å². The van der Waals surface area contributed by atoms with Gasteiger partial charge in [-0.25, -0.2) is 21.9 Å². The van der Waals surface area contributed by atoms with Crippen LogP contribution in [0, 0.1) is 0 Å². The van der Waals surface area contributed by atoms with Gasteiger partial charge in [0.25, 0.3) is 6.43 Å². The van der Waals surface area contributed by atoms with Gasteiger partial charge in [0.2, 0.25) is 10.0 Å². The van der Waals surface area contributed by atoms with E-state index in [1.54, 1.807) is 18.2 Å². The molecule has 4 nitrogen and oxygen atoms in total. The van der Waals surface area contributed by atoms with Crippen molar-refractivity contribution >= 4 is 10.0 Å². The highest BCUT2D eigenvalue weighted by Crippen LogP contribution is 2.21. The normalized spacial score (nSPS) is 15.9. The average molecular weight is 290 g/mol. The zero-order valence-corrected chi connectivity index (χ0v) is 11.1. The minimum atomic E-state index is -3.88. The molecule has 0 spiro atoms. The largest absolute Gasteiger partial charge is 0.310 e. The molecule has 7 heteroatoms. The van der Waals surface area contributed by atoms with Crippen LogP contribution in [0.4, 0.5) is 8.78 Å². The van der Waals surface area contributed by atoms with Gasteiger partial charge in [0, 0.05) is 12.6 Å². The molecule has 1 saturated carbocycles. The van der Waals surface area contributed by atoms with Crippen molar-refractivity contribution in [1.29, 1.82) is 0 Å². The van der Waals surface area contributed by atoms with Gasteiger partial charge in [-0.15, -0.1) is 0 Å². The van der Waals surface area contributed by atoms with E-state index >= 15 is 0 Å². The third-order valence-corrected chi connectivity index (χ3v) is 4.37. The lowest BCUT2D eigenvalue weighted by Crippen LogP contribution is -2.30. The van der Waals surface area contributed by atoms with E-state index in [1.165, 1.54) is 6.07 Å². The minimum Gasteiger partial charge on any atom is -0.310 e. The number of hydrogen-bond donors (Lipinski definition) is 2. The van der Waals surface area contributed by atoms with Crippen molar-refractivity contribution in [1.82, 2.24) is 10.0 Å². The van der Waals surface area contributed by atoms with Gasteiger partial charge in [-0.05, 0) is 24.5 Å². The highest BCUT2D eigenvalue weighted by atomic mass is 32.2. The number of nitrogens with one attached hydrogen (secondary N) is 2. The van der Waals surface area contributed by atoms with Crippen molar-refractivity contribution in [2.75, 3.05) is 6.54 Å². The summed E-state index contributed by atoms with van der Waals surface area (Å²) in [5, 5.41) is 3.21. The van der Waals surface area contributed by atoms with E-state index in [2.05, 4.69) is 5.32 Å². The second kappa shape index (κ2) is 5.94. The third-order valence-electron chi connectivity index (χ3n) is 2.85. The predicted octanol–water partition coefficient (Wildman–Crippen LogP) is 1.48. The predicted molar refractivity (Wildman–Crippen MR) is 67.5 cm³/mol. The van der Waals surface area contributed by atoms with Crippen LogP contribution in [-0.2, 0) is 16.6 Å². The molecule has 2 rings (SSSR count). The molecule has 0 amide bonds. The van der Waals surface area contributed by atoms with Crippen LogP contribution in [0.3, 0.4) is 0 Å². The first kappa shape index (κ1) is 14.4. The van der Waals surface area contributed by atoms with Crippen LogP contribution in [0.2, 0.25) is 0 Å². The average Bonchev–Trinajstić information content (AvgIpc) is 3.18. The number of alkyl halides is 2. The Labute approximate surface area is 111 Å². The fourth-order valence-electron chi connectivity index (χ4n) is 1.70. The van der Waals surface area contributed by atoms with E-state index in [-0.39, 0.29) is 4.90 Å². The van der Waals surface area contributed by atoms with E-state index in [0.717, 1.165) is 12.8 Å². The van der Waals surface area contributed by atoms with Crippen molar-refractivity contribution < 1.29 is 17.2 Å². The van der Waals surface area contributed by atoms with E-state index in [0.29, 0.717) is 18.2 Å². The summed E-state index contributed by atoms with van der Waals surface area (Å²) in [6.45, 7) is -0.441. The van der Waals surface area contributed by atoms with Crippen LogP contribution >= 0.6 is 0 Å². The van der Waals surface area contributed by atoms with E-state index in [4.69, 9.17) is 0 Å². The minimum absolute atomic E-state index is 0.0591. The van der Waals surface area contributed by atoms with Crippen LogP contribution in [0.25, 0.3) is 0 Å². The van der Waals surface area contributed by atoms with E-state index in [1.807, 2.05) is 4.72 Å². The van der Waals surface area contributed by atoms with Crippen molar-refractivity contribution in [3.8, 4) is 0 Å². The smallest absolute Gasteiger partial charge is 0.251 e. The van der Waals surface area contributed by atoms with Gasteiger partial charge >= 0.3 is 0 Å². The van der Waals surface area contributed by atoms with Gasteiger partial charge in [-0.1, -0.05) is 18.2 Å². The highest BCUT2D eigenvalue weighted by Gasteiger charge is 2.23. The van der Waals surface area contributed by atoms with Gasteiger partial charge in [-0.3, -0.25) is 0 Å². The van der Waals surface area contributed by atoms with Gasteiger partial charge in [0.15, 0.2) is 0 Å². The summed E-state index contributed by atoms with van der Waals surface area (Å²) >= 11 is 0. The summed E-state index contributed by atoms with van der Waals surface area (Å²) in [6.07, 6.45) is -0.511. The van der Waals surface area contributed by atoms with Crippen LogP contribution in [0.5, 0.6) is 0 Å². The van der Waals surface area contributed by atoms with Crippen molar-refractivity contribution in [2.24, 2.45) is 0 Å². The molecule has 1 aliphatic rings. The molecule has 0 heterocycles. The fourth-order valence-corrected chi connectivity index (χ4v) is 2.95. The van der Waals surface area contributed by atoms with E-state index in [9.17, 15) is 17.2 Å². The molecule has 1 aromatic carbocycles. The molecule has 0 aliphatic heterocycles. The maximum atomic E-state index is 12.1. The van der Waals surface area contributed by atoms with Crippen molar-refractivity contribution in [3.05, 3.63) is 29.8 Å². The molecule has 1 fully saturated rings. The molecule has 19 heavy (non-hydrogen) atoms. The summed E-state index contributed by atoms with van der Waals surface area (Å²) in [6, 6.07) is 6.88. The molecule has 2 N–H and O–H groups in total. The fraction of sp³-hybridized carbons (Fsp3) is 0.500. The summed E-state index contributed by atoms with van der Waals surface area (Å²) < 4.78 is 50.0. The maximum absolute atomic E-state index is 12.1. The second-order valence-electron chi connectivity index (χ2n) is 4.51. The van der Waals surface area contributed by atoms with Crippen LogP contribution in [0.15, 0.2) is 29.2 Å². The van der Waals surface area contributed by atoms with Crippen LogP contribution < -0.4 is 10.0 Å². The maximum Gasteiger partial charge on any atom is 0.251 e. The first-order valence-corrected chi connectivity index (χ1v) is 7.56. The molecular weight excluding hydrogens is 274 g/mol. The Morgan fingerprint density at radius 2 is 1.95 bits per heavy atom. The number of benzene rings is 1. The molecule has 0 radical (unpaired) electrons. The first-order valence-electron chi connectivity index (χ1n) is 6.08. The zero-order chi connectivity index (χ0) is 13.9. The van der Waals surface area contributed by atoms with Gasteiger partial charge in [-0.2, -0.15) is 0 Å². The Morgan fingerprint density at radius 1 is 1.26 bits per heavy atom. The summed E-state index contributed by atoms with van der Waals surface area (Å²) in [5.74, 6) is 0. The molecular formula is C12H16F2N2O2S. The molecule has 0 saturated heterocycles. The van der Waals surface area contributed by atoms with Crippen LogP contribution in [0.1, 0.15) is 18.4 Å². The molecule has 0 unspecified atom stereocenters. The third kappa shape index (κ3) is 4.22. The second-order valence-corrected chi connectivity index (χ2v) is 6.24. The molecule has 0 bridgehead atoms. The SMILES string of the molecule is O=S(=O)(NCC(F)F)c1ccccc1CNC1CC1. The van der Waals surface area contributed by atoms with E-state index < -0.39 is 23.0 Å². The van der Waals surface area contributed by atoms with Gasteiger partial charge in [0.05, 0.1) is 11.4 Å². The molecule has 0 aromatic heterocycles. The Bertz CT molecular complexity index is 530. The lowest BCUT2D eigenvalue weighted by Gasteiger charge is -2.11. The Kier molecular flexibility index (Phi) is 4.49. The van der Waals surface area contributed by atoms with Crippen molar-refractivity contribution in [2.45, 2.75) is 36.7 Å². The van der Waals surface area contributed by atoms with Crippen molar-refractivity contribution in [3.63, 3.8) is 0 Å². The molecule has 1 aromatic rings. The zero-order valence-electron chi connectivity index (χ0n) is 10.3. The summed E-state index contributed by atoms with van der Waals surface area (Å²) in [4.78, 5) is 0.0591. The lowest BCUT2D eigenvalue weighted by molar-refractivity contribution is 0.153. The Hall–Kier alpha value is -1.05. The lowest BCUT2D eigenvalue weighted by atomic mass is 10.2. The molecule has 0 atom stereocenters. The standard InChI is InChI=1S/C12H16F2N2O2S/c13-12(14)8-16-19(17,18)11-4-2-1-3-9(11)7-15-10-5-6-10/h1-4,10,12,15-16H,5-8H2.